The molecule has 1 N–H and O–H groups in total. The minimum absolute atomic E-state index is 0.138. The minimum atomic E-state index is -0.138. The van der Waals surface area contributed by atoms with E-state index in [-0.39, 0.29) is 12.1 Å². The smallest absolute Gasteiger partial charge is 0.324 e. The fraction of sp³-hybridized carbons (Fsp3) is 0.706. The van der Waals surface area contributed by atoms with Gasteiger partial charge in [-0.15, -0.1) is 0 Å². The monoisotopic (exact) mass is 335 g/mol. The van der Waals surface area contributed by atoms with Gasteiger partial charge in [0.25, 0.3) is 0 Å². The molecule has 1 unspecified atom stereocenters. The van der Waals surface area contributed by atoms with Crippen molar-refractivity contribution in [2.75, 3.05) is 44.0 Å². The third-order valence-corrected chi connectivity index (χ3v) is 4.04. The third kappa shape index (κ3) is 5.33. The van der Waals surface area contributed by atoms with Crippen molar-refractivity contribution in [3.8, 4) is 0 Å². The van der Waals surface area contributed by atoms with Gasteiger partial charge in [0.1, 0.15) is 5.82 Å². The summed E-state index contributed by atoms with van der Waals surface area (Å²) >= 11 is 0. The number of rotatable bonds is 5. The van der Waals surface area contributed by atoms with Crippen molar-refractivity contribution < 1.29 is 9.53 Å². The summed E-state index contributed by atoms with van der Waals surface area (Å²) in [4.78, 5) is 24.9. The summed E-state index contributed by atoms with van der Waals surface area (Å²) in [5.74, 6) is 1.13. The summed E-state index contributed by atoms with van der Waals surface area (Å²) in [7, 11) is 3.83. The predicted octanol–water partition coefficient (Wildman–Crippen LogP) is 2.66. The molecule has 7 heteroatoms. The van der Waals surface area contributed by atoms with E-state index in [0.717, 1.165) is 50.3 Å². The third-order valence-electron chi connectivity index (χ3n) is 4.04. The SMILES string of the molecule is CCCOC1CCCN(C(=O)Nc2nc(C)cc(N(C)C)n2)CC1. The van der Waals surface area contributed by atoms with E-state index in [1.54, 1.807) is 0 Å². The van der Waals surface area contributed by atoms with Crippen LogP contribution in [0.5, 0.6) is 0 Å². The van der Waals surface area contributed by atoms with E-state index in [2.05, 4.69) is 22.2 Å². The summed E-state index contributed by atoms with van der Waals surface area (Å²) < 4.78 is 5.83. The van der Waals surface area contributed by atoms with Gasteiger partial charge in [0, 0.05) is 45.6 Å². The number of aryl methyl sites for hydroxylation is 1. The maximum atomic E-state index is 12.5. The molecule has 7 nitrogen and oxygen atoms in total. The van der Waals surface area contributed by atoms with Gasteiger partial charge < -0.3 is 14.5 Å². The molecule has 2 heterocycles. The second-order valence-corrected chi connectivity index (χ2v) is 6.43. The Balaban J connectivity index is 1.95. The Hall–Kier alpha value is -1.89. The van der Waals surface area contributed by atoms with E-state index in [1.807, 2.05) is 36.9 Å². The number of likely N-dealkylation sites (tertiary alicyclic amines) is 1. The maximum Gasteiger partial charge on any atom is 0.324 e. The van der Waals surface area contributed by atoms with Crippen LogP contribution < -0.4 is 10.2 Å². The number of nitrogens with zero attached hydrogens (tertiary/aromatic N) is 4. The quantitative estimate of drug-likeness (QED) is 0.896. The molecule has 0 aliphatic carbocycles. The van der Waals surface area contributed by atoms with E-state index in [1.165, 1.54) is 0 Å². The average Bonchev–Trinajstić information content (AvgIpc) is 2.78. The van der Waals surface area contributed by atoms with Gasteiger partial charge in [-0.2, -0.15) is 4.98 Å². The van der Waals surface area contributed by atoms with E-state index < -0.39 is 0 Å². The molecular weight excluding hydrogens is 306 g/mol. The van der Waals surface area contributed by atoms with Crippen LogP contribution >= 0.6 is 0 Å². The molecule has 1 aromatic heterocycles. The summed E-state index contributed by atoms with van der Waals surface area (Å²) in [6.07, 6.45) is 4.14. The second kappa shape index (κ2) is 8.82. The number of urea groups is 1. The highest BCUT2D eigenvalue weighted by Crippen LogP contribution is 2.16. The van der Waals surface area contributed by atoms with Crippen molar-refractivity contribution in [3.63, 3.8) is 0 Å². The van der Waals surface area contributed by atoms with Crippen LogP contribution in [-0.4, -0.2) is 60.8 Å². The largest absolute Gasteiger partial charge is 0.378 e. The first-order valence-corrected chi connectivity index (χ1v) is 8.70. The average molecular weight is 335 g/mol. The van der Waals surface area contributed by atoms with Crippen LogP contribution in [0.2, 0.25) is 0 Å². The molecule has 2 amide bonds. The first-order valence-electron chi connectivity index (χ1n) is 8.70. The Kier molecular flexibility index (Phi) is 6.78. The number of carbonyl (C=O) groups is 1. The normalized spacial score (nSPS) is 18.2. The molecule has 2 rings (SSSR count). The topological polar surface area (TPSA) is 70.6 Å². The lowest BCUT2D eigenvalue weighted by molar-refractivity contribution is 0.0446. The fourth-order valence-corrected chi connectivity index (χ4v) is 2.73. The Morgan fingerprint density at radius 3 is 2.88 bits per heavy atom. The first-order chi connectivity index (χ1) is 11.5. The van der Waals surface area contributed by atoms with Crippen LogP contribution in [0.3, 0.4) is 0 Å². The van der Waals surface area contributed by atoms with Gasteiger partial charge in [0.15, 0.2) is 0 Å². The fourth-order valence-electron chi connectivity index (χ4n) is 2.73. The van der Waals surface area contributed by atoms with Gasteiger partial charge in [-0.3, -0.25) is 5.32 Å². The van der Waals surface area contributed by atoms with Crippen LogP contribution in [0.4, 0.5) is 16.6 Å². The van der Waals surface area contributed by atoms with Gasteiger partial charge in [-0.25, -0.2) is 9.78 Å². The molecule has 1 fully saturated rings. The molecule has 1 aliphatic rings. The Morgan fingerprint density at radius 1 is 1.38 bits per heavy atom. The molecule has 1 aliphatic heterocycles. The lowest BCUT2D eigenvalue weighted by Gasteiger charge is -2.21. The predicted molar refractivity (Wildman–Crippen MR) is 95.6 cm³/mol. The van der Waals surface area contributed by atoms with Crippen molar-refractivity contribution in [2.24, 2.45) is 0 Å². The molecule has 134 valence electrons. The van der Waals surface area contributed by atoms with E-state index >= 15 is 0 Å². The molecule has 0 spiro atoms. The van der Waals surface area contributed by atoms with Gasteiger partial charge in [-0.1, -0.05) is 6.92 Å². The molecule has 0 radical (unpaired) electrons. The van der Waals surface area contributed by atoms with Crippen molar-refractivity contribution in [3.05, 3.63) is 11.8 Å². The van der Waals surface area contributed by atoms with Crippen LogP contribution in [0.1, 0.15) is 38.3 Å². The molecule has 0 bridgehead atoms. The maximum absolute atomic E-state index is 12.5. The van der Waals surface area contributed by atoms with Gasteiger partial charge in [0.05, 0.1) is 6.10 Å². The van der Waals surface area contributed by atoms with Crippen LogP contribution in [-0.2, 0) is 4.74 Å². The summed E-state index contributed by atoms with van der Waals surface area (Å²) in [6.45, 7) is 6.24. The Bertz CT molecular complexity index is 550. The zero-order chi connectivity index (χ0) is 17.5. The summed E-state index contributed by atoms with van der Waals surface area (Å²) in [5, 5.41) is 2.83. The zero-order valence-corrected chi connectivity index (χ0v) is 15.2. The minimum Gasteiger partial charge on any atom is -0.378 e. The molecule has 24 heavy (non-hydrogen) atoms. The van der Waals surface area contributed by atoms with Crippen molar-refractivity contribution in [1.82, 2.24) is 14.9 Å². The second-order valence-electron chi connectivity index (χ2n) is 6.43. The molecular formula is C17H29N5O2. The highest BCUT2D eigenvalue weighted by Gasteiger charge is 2.21. The van der Waals surface area contributed by atoms with E-state index in [0.29, 0.717) is 12.5 Å². The van der Waals surface area contributed by atoms with Crippen LogP contribution in [0, 0.1) is 6.92 Å². The van der Waals surface area contributed by atoms with Gasteiger partial charge in [0.2, 0.25) is 5.95 Å². The van der Waals surface area contributed by atoms with Crippen molar-refractivity contribution in [1.29, 1.82) is 0 Å². The molecule has 0 saturated carbocycles. The summed E-state index contributed by atoms with van der Waals surface area (Å²) in [5.41, 5.74) is 0.827. The number of amides is 2. The van der Waals surface area contributed by atoms with E-state index in [4.69, 9.17) is 4.74 Å². The Morgan fingerprint density at radius 2 is 2.17 bits per heavy atom. The molecule has 1 aromatic rings. The number of aromatic nitrogens is 2. The lowest BCUT2D eigenvalue weighted by Crippen LogP contribution is -2.36. The van der Waals surface area contributed by atoms with Gasteiger partial charge in [-0.05, 0) is 32.6 Å². The number of carbonyl (C=O) groups excluding carboxylic acids is 1. The molecule has 0 aromatic carbocycles. The van der Waals surface area contributed by atoms with Crippen LogP contribution in [0.15, 0.2) is 6.07 Å². The number of hydrogen-bond donors (Lipinski definition) is 1. The van der Waals surface area contributed by atoms with Gasteiger partial charge >= 0.3 is 6.03 Å². The number of nitrogens with one attached hydrogen (secondary N) is 1. The zero-order valence-electron chi connectivity index (χ0n) is 15.2. The number of hydrogen-bond acceptors (Lipinski definition) is 5. The van der Waals surface area contributed by atoms with Crippen molar-refractivity contribution in [2.45, 2.75) is 45.6 Å². The number of anilines is 2. The lowest BCUT2D eigenvalue weighted by atomic mass is 10.2. The molecule has 1 saturated heterocycles. The number of ether oxygens (including phenoxy) is 1. The van der Waals surface area contributed by atoms with E-state index in [9.17, 15) is 4.79 Å². The molecule has 1 atom stereocenters. The van der Waals surface area contributed by atoms with Crippen LogP contribution in [0.25, 0.3) is 0 Å². The highest BCUT2D eigenvalue weighted by molar-refractivity contribution is 5.87. The van der Waals surface area contributed by atoms with Crippen molar-refractivity contribution >= 4 is 17.8 Å². The summed E-state index contributed by atoms with van der Waals surface area (Å²) in [6, 6.07) is 1.75. The standard InChI is InChI=1S/C17H29N5O2/c1-5-11-24-14-7-6-9-22(10-8-14)17(23)20-16-18-13(2)12-15(19-16)21(3)4/h12,14H,5-11H2,1-4H3,(H,18,19,20,23). The highest BCUT2D eigenvalue weighted by atomic mass is 16.5. The first kappa shape index (κ1) is 18.4. The Labute approximate surface area is 144 Å².